The number of nitrogens with zero attached hydrogens (tertiary/aromatic N) is 1. The van der Waals surface area contributed by atoms with Crippen LogP contribution in [0.1, 0.15) is 27.0 Å². The van der Waals surface area contributed by atoms with Crippen LogP contribution in [0.5, 0.6) is 0 Å². The predicted octanol–water partition coefficient (Wildman–Crippen LogP) is 5.80. The molecule has 0 radical (unpaired) electrons. The number of benzene rings is 3. The van der Waals surface area contributed by atoms with Crippen LogP contribution in [0.3, 0.4) is 0 Å². The number of thioether (sulfide) groups is 2. The molecule has 0 aliphatic carbocycles. The second-order valence-electron chi connectivity index (χ2n) is 7.93. The lowest BCUT2D eigenvalue weighted by Gasteiger charge is -2.27. The van der Waals surface area contributed by atoms with Crippen molar-refractivity contribution in [2.45, 2.75) is 23.1 Å². The summed E-state index contributed by atoms with van der Waals surface area (Å²) in [7, 11) is 1.75. The summed E-state index contributed by atoms with van der Waals surface area (Å²) < 4.78 is 0. The highest BCUT2D eigenvalue weighted by atomic mass is 32.2. The van der Waals surface area contributed by atoms with E-state index in [0.717, 1.165) is 28.1 Å². The van der Waals surface area contributed by atoms with Crippen molar-refractivity contribution in [1.29, 1.82) is 0 Å². The third-order valence-electron chi connectivity index (χ3n) is 5.52. The summed E-state index contributed by atoms with van der Waals surface area (Å²) in [6.45, 7) is 2.59. The molecule has 0 spiro atoms. The van der Waals surface area contributed by atoms with E-state index in [2.05, 4.69) is 41.9 Å². The minimum Gasteiger partial charge on any atom is -0.352 e. The lowest BCUT2D eigenvalue weighted by atomic mass is 10.1. The summed E-state index contributed by atoms with van der Waals surface area (Å²) in [6, 6.07) is 22.0. The Morgan fingerprint density at radius 1 is 1.09 bits per heavy atom. The number of amides is 2. The number of fused-ring (bicyclic) bond motifs is 1. The van der Waals surface area contributed by atoms with Gasteiger partial charge in [0, 0.05) is 28.9 Å². The first kappa shape index (κ1) is 23.2. The largest absolute Gasteiger partial charge is 0.352 e. The second-order valence-corrected chi connectivity index (χ2v) is 9.89. The Hall–Kier alpha value is -2.96. The molecule has 2 amide bonds. The fourth-order valence-corrected chi connectivity index (χ4v) is 5.16. The zero-order valence-corrected chi connectivity index (χ0v) is 20.6. The summed E-state index contributed by atoms with van der Waals surface area (Å²) >= 11 is 3.16. The molecule has 3 aromatic carbocycles. The molecule has 0 saturated heterocycles. The van der Waals surface area contributed by atoms with Crippen molar-refractivity contribution in [3.8, 4) is 0 Å². The number of hydrogen-bond donors (Lipinski definition) is 1. The molecule has 0 saturated carbocycles. The fraction of sp³-hybridized carbons (Fsp3) is 0.185. The van der Waals surface area contributed by atoms with Gasteiger partial charge in [-0.15, -0.1) is 11.8 Å². The molecule has 0 fully saturated rings. The van der Waals surface area contributed by atoms with Crippen LogP contribution in [0.4, 0.5) is 5.69 Å². The number of carbonyl (C=O) groups excluding carboxylic acids is 2. The summed E-state index contributed by atoms with van der Waals surface area (Å²) in [4.78, 5) is 30.2. The van der Waals surface area contributed by atoms with E-state index in [1.54, 1.807) is 29.8 Å². The van der Waals surface area contributed by atoms with Gasteiger partial charge >= 0.3 is 0 Å². The average Bonchev–Trinajstić information content (AvgIpc) is 2.82. The fourth-order valence-electron chi connectivity index (χ4n) is 3.66. The number of nitrogens with one attached hydrogen (secondary N) is 1. The van der Waals surface area contributed by atoms with E-state index in [0.29, 0.717) is 17.0 Å². The number of anilines is 1. The molecule has 0 unspecified atom stereocenters. The van der Waals surface area contributed by atoms with Crippen LogP contribution < -0.4 is 10.2 Å². The average molecular weight is 475 g/mol. The van der Waals surface area contributed by atoms with Crippen LogP contribution in [0.25, 0.3) is 6.08 Å². The number of carbonyl (C=O) groups is 2. The summed E-state index contributed by atoms with van der Waals surface area (Å²) in [5, 5.41) is 2.99. The monoisotopic (exact) mass is 474 g/mol. The van der Waals surface area contributed by atoms with E-state index >= 15 is 0 Å². The molecule has 168 valence electrons. The normalized spacial score (nSPS) is 14.3. The van der Waals surface area contributed by atoms with Gasteiger partial charge in [-0.25, -0.2) is 0 Å². The molecule has 0 atom stereocenters. The van der Waals surface area contributed by atoms with E-state index in [1.165, 1.54) is 22.2 Å². The smallest absolute Gasteiger partial charge is 0.264 e. The van der Waals surface area contributed by atoms with Crippen molar-refractivity contribution in [3.05, 3.63) is 93.9 Å². The molecule has 6 heteroatoms. The molecule has 3 aromatic rings. The minimum atomic E-state index is -0.134. The van der Waals surface area contributed by atoms with Crippen molar-refractivity contribution < 1.29 is 9.59 Å². The van der Waals surface area contributed by atoms with Gasteiger partial charge in [0.25, 0.3) is 11.8 Å². The zero-order valence-electron chi connectivity index (χ0n) is 18.9. The van der Waals surface area contributed by atoms with E-state index in [-0.39, 0.29) is 11.8 Å². The Labute approximate surface area is 203 Å². The summed E-state index contributed by atoms with van der Waals surface area (Å²) in [5.74, 6) is -0.203. The third-order valence-corrected chi connectivity index (χ3v) is 7.34. The van der Waals surface area contributed by atoms with Gasteiger partial charge in [-0.1, -0.05) is 53.7 Å². The van der Waals surface area contributed by atoms with Gasteiger partial charge in [0.2, 0.25) is 0 Å². The van der Waals surface area contributed by atoms with Crippen LogP contribution in [0.2, 0.25) is 0 Å². The third kappa shape index (κ3) is 5.52. The van der Waals surface area contributed by atoms with Crippen LogP contribution in [-0.2, 0) is 11.2 Å². The maximum Gasteiger partial charge on any atom is 0.264 e. The van der Waals surface area contributed by atoms with Gasteiger partial charge < -0.3 is 10.2 Å². The van der Waals surface area contributed by atoms with Crippen LogP contribution >= 0.6 is 23.5 Å². The predicted molar refractivity (Wildman–Crippen MR) is 139 cm³/mol. The lowest BCUT2D eigenvalue weighted by molar-refractivity contribution is -0.114. The minimum absolute atomic E-state index is 0.0692. The second kappa shape index (κ2) is 10.3. The number of hydrogen-bond acceptors (Lipinski definition) is 4. The van der Waals surface area contributed by atoms with E-state index in [4.69, 9.17) is 0 Å². The molecular formula is C27H26N2O2S2. The Morgan fingerprint density at radius 3 is 2.61 bits per heavy atom. The van der Waals surface area contributed by atoms with Crippen molar-refractivity contribution in [2.24, 2.45) is 0 Å². The number of likely N-dealkylation sites (N-methyl/N-ethyl adjacent to an activating group) is 1. The van der Waals surface area contributed by atoms with Crippen LogP contribution in [0, 0.1) is 6.92 Å². The van der Waals surface area contributed by atoms with Gasteiger partial charge in [0.15, 0.2) is 0 Å². The van der Waals surface area contributed by atoms with E-state index in [1.807, 2.05) is 43.3 Å². The highest BCUT2D eigenvalue weighted by Gasteiger charge is 2.27. The van der Waals surface area contributed by atoms with Crippen LogP contribution in [0.15, 0.2) is 81.4 Å². The molecular weight excluding hydrogens is 448 g/mol. The highest BCUT2D eigenvalue weighted by molar-refractivity contribution is 8.04. The number of rotatable bonds is 6. The zero-order chi connectivity index (χ0) is 23.4. The molecule has 1 aliphatic heterocycles. The summed E-state index contributed by atoms with van der Waals surface area (Å²) in [5.41, 5.74) is 4.65. The molecule has 1 heterocycles. The van der Waals surface area contributed by atoms with Gasteiger partial charge in [-0.2, -0.15) is 0 Å². The van der Waals surface area contributed by atoms with Crippen molar-refractivity contribution in [3.63, 3.8) is 0 Å². The van der Waals surface area contributed by atoms with Gasteiger partial charge in [0.1, 0.15) is 0 Å². The highest BCUT2D eigenvalue weighted by Crippen LogP contribution is 2.42. The van der Waals surface area contributed by atoms with E-state index < -0.39 is 0 Å². The Morgan fingerprint density at radius 2 is 1.88 bits per heavy atom. The maximum atomic E-state index is 13.0. The first-order chi connectivity index (χ1) is 15.9. The first-order valence-corrected chi connectivity index (χ1v) is 12.8. The van der Waals surface area contributed by atoms with Gasteiger partial charge in [0.05, 0.1) is 10.6 Å². The lowest BCUT2D eigenvalue weighted by Crippen LogP contribution is -2.31. The SMILES string of the molecule is CSc1ccc(CCNC(=O)c2ccc3c(c2)N(C)C(=O)C(=Cc2cccc(C)c2)S3)cc1. The van der Waals surface area contributed by atoms with Crippen molar-refractivity contribution in [1.82, 2.24) is 5.32 Å². The first-order valence-electron chi connectivity index (χ1n) is 10.7. The Balaban J connectivity index is 1.44. The van der Waals surface area contributed by atoms with Crippen LogP contribution in [-0.4, -0.2) is 31.7 Å². The molecule has 1 aliphatic rings. The molecule has 33 heavy (non-hydrogen) atoms. The molecule has 4 nitrogen and oxygen atoms in total. The molecule has 4 rings (SSSR count). The molecule has 0 aromatic heterocycles. The standard InChI is InChI=1S/C27H26N2O2S2/c1-18-5-4-6-20(15-18)16-25-27(31)29(2)23-17-21(9-12-24(23)33-25)26(30)28-14-13-19-7-10-22(32-3)11-8-19/h4-12,15-17H,13-14H2,1-3H3,(H,28,30). The Bertz CT molecular complexity index is 1220. The van der Waals surface area contributed by atoms with Gasteiger partial charge in [-0.3, -0.25) is 9.59 Å². The molecule has 0 bridgehead atoms. The quantitative estimate of drug-likeness (QED) is 0.362. The van der Waals surface area contributed by atoms with Crippen molar-refractivity contribution in [2.75, 3.05) is 24.7 Å². The maximum absolute atomic E-state index is 13.0. The molecule has 1 N–H and O–H groups in total. The number of aryl methyl sites for hydroxylation is 1. The van der Waals surface area contributed by atoms with Gasteiger partial charge in [-0.05, 0) is 67.1 Å². The van der Waals surface area contributed by atoms with E-state index in [9.17, 15) is 9.59 Å². The van der Waals surface area contributed by atoms with Crippen molar-refractivity contribution >= 4 is 47.1 Å². The Kier molecular flexibility index (Phi) is 7.26. The summed E-state index contributed by atoms with van der Waals surface area (Å²) in [6.07, 6.45) is 4.75. The topological polar surface area (TPSA) is 49.4 Å².